The number of nitrogens with zero attached hydrogens (tertiary/aromatic N) is 8. The Morgan fingerprint density at radius 3 is 2.61 bits per heavy atom. The predicted molar refractivity (Wildman–Crippen MR) is 121 cm³/mol. The van der Waals surface area contributed by atoms with Crippen molar-refractivity contribution in [1.82, 2.24) is 34.7 Å². The van der Waals surface area contributed by atoms with Crippen LogP contribution in [-0.4, -0.2) is 61.9 Å². The first-order valence-corrected chi connectivity index (χ1v) is 12.3. The average molecular weight is 506 g/mol. The van der Waals surface area contributed by atoms with Gasteiger partial charge in [-0.15, -0.1) is 26.6 Å². The summed E-state index contributed by atoms with van der Waals surface area (Å²) in [7, 11) is -2.26. The van der Waals surface area contributed by atoms with Crippen molar-refractivity contribution in [1.29, 1.82) is 0 Å². The Morgan fingerprint density at radius 1 is 1.21 bits per heavy atom. The molecule has 2 N–H and O–H groups in total. The van der Waals surface area contributed by atoms with Gasteiger partial charge in [0.2, 0.25) is 21.9 Å². The molecule has 0 fully saturated rings. The smallest absolute Gasteiger partial charge is 0.258 e. The Hall–Kier alpha value is -3.36. The minimum atomic E-state index is -3.63. The van der Waals surface area contributed by atoms with Gasteiger partial charge in [-0.1, -0.05) is 11.6 Å². The maximum Gasteiger partial charge on any atom is 0.258 e. The minimum absolute atomic E-state index is 0.0973. The molecule has 0 unspecified atom stereocenters. The van der Waals surface area contributed by atoms with Crippen molar-refractivity contribution < 1.29 is 12.8 Å². The first-order valence-electron chi connectivity index (χ1n) is 9.46. The van der Waals surface area contributed by atoms with Gasteiger partial charge in [-0.25, -0.2) is 22.4 Å². The summed E-state index contributed by atoms with van der Waals surface area (Å²) in [5, 5.41) is 19.7. The van der Waals surface area contributed by atoms with Crippen molar-refractivity contribution in [2.75, 3.05) is 12.8 Å². The minimum Gasteiger partial charge on any atom is -0.415 e. The van der Waals surface area contributed by atoms with Crippen LogP contribution < -0.4 is 5.73 Å². The van der Waals surface area contributed by atoms with Crippen LogP contribution in [0.5, 0.6) is 0 Å². The topological polar surface area (TPSA) is 158 Å². The van der Waals surface area contributed by atoms with Crippen LogP contribution in [0.3, 0.4) is 0 Å². The number of hydrogen-bond acceptors (Lipinski definition) is 11. The molecule has 15 heteroatoms. The first kappa shape index (κ1) is 21.5. The number of guanidine groups is 1. The summed E-state index contributed by atoms with van der Waals surface area (Å²) >= 11 is 7.70. The fraction of sp³-hybridized carbons (Fsp3) is 0.222. The number of hydrogen-bond donors (Lipinski definition) is 1. The number of halogens is 1. The lowest BCUT2D eigenvalue weighted by Gasteiger charge is -2.33. The van der Waals surface area contributed by atoms with E-state index in [1.165, 1.54) is 29.4 Å². The van der Waals surface area contributed by atoms with Gasteiger partial charge < -0.3 is 10.2 Å². The third kappa shape index (κ3) is 3.75. The second-order valence-corrected chi connectivity index (χ2v) is 10.9. The summed E-state index contributed by atoms with van der Waals surface area (Å²) in [5.41, 5.74) is 6.20. The van der Waals surface area contributed by atoms with Gasteiger partial charge in [-0.05, 0) is 47.7 Å². The zero-order valence-corrected chi connectivity index (χ0v) is 19.6. The molecule has 0 radical (unpaired) electrons. The predicted octanol–water partition coefficient (Wildman–Crippen LogP) is 1.90. The van der Waals surface area contributed by atoms with E-state index in [2.05, 4.69) is 30.7 Å². The van der Waals surface area contributed by atoms with Gasteiger partial charge in [0.05, 0.1) is 26.2 Å². The van der Waals surface area contributed by atoms with Crippen LogP contribution in [0.1, 0.15) is 11.8 Å². The SMILES string of the molecule is CN1C(N)=N[C@](C)(c2sc(-c3nnc(-c4ccc(-n5cnnn5)cc4)o3)cc2Cl)CS1(=O)=O. The molecule has 1 aromatic carbocycles. The molecule has 0 aliphatic carbocycles. The van der Waals surface area contributed by atoms with E-state index in [0.717, 1.165) is 9.99 Å². The van der Waals surface area contributed by atoms with Crippen molar-refractivity contribution in [2.45, 2.75) is 12.5 Å². The normalized spacial score (nSPS) is 20.1. The molecular formula is C18H16ClN9O3S2. The fourth-order valence-corrected chi connectivity index (χ4v) is 6.47. The molecule has 4 aromatic rings. The quantitative estimate of drug-likeness (QED) is 0.437. The molecule has 33 heavy (non-hydrogen) atoms. The number of aromatic nitrogens is 6. The molecule has 12 nitrogen and oxygen atoms in total. The second-order valence-electron chi connectivity index (χ2n) is 7.47. The van der Waals surface area contributed by atoms with Crippen LogP contribution in [-0.2, 0) is 15.6 Å². The molecule has 170 valence electrons. The summed E-state index contributed by atoms with van der Waals surface area (Å²) in [6.45, 7) is 1.68. The number of tetrazole rings is 1. The molecule has 0 amide bonds. The lowest BCUT2D eigenvalue weighted by Crippen LogP contribution is -2.50. The van der Waals surface area contributed by atoms with Crippen molar-refractivity contribution in [3.63, 3.8) is 0 Å². The van der Waals surface area contributed by atoms with E-state index in [0.29, 0.717) is 26.2 Å². The van der Waals surface area contributed by atoms with Crippen LogP contribution in [0.15, 0.2) is 46.1 Å². The van der Waals surface area contributed by atoms with Gasteiger partial charge in [0.1, 0.15) is 11.9 Å². The number of aliphatic imine (C=N–C) groups is 1. The van der Waals surface area contributed by atoms with E-state index in [1.54, 1.807) is 13.0 Å². The van der Waals surface area contributed by atoms with Crippen LogP contribution in [0, 0.1) is 0 Å². The van der Waals surface area contributed by atoms with E-state index in [9.17, 15) is 8.42 Å². The van der Waals surface area contributed by atoms with Crippen LogP contribution in [0.4, 0.5) is 0 Å². The highest BCUT2D eigenvalue weighted by Crippen LogP contribution is 2.44. The summed E-state index contributed by atoms with van der Waals surface area (Å²) in [6.07, 6.45) is 1.49. The van der Waals surface area contributed by atoms with Crippen LogP contribution >= 0.6 is 22.9 Å². The van der Waals surface area contributed by atoms with Gasteiger partial charge in [-0.3, -0.25) is 0 Å². The lowest BCUT2D eigenvalue weighted by atomic mass is 10.0. The number of nitrogens with two attached hydrogens (primary N) is 1. The number of rotatable bonds is 4. The van der Waals surface area contributed by atoms with Crippen LogP contribution in [0.25, 0.3) is 27.9 Å². The number of sulfonamides is 1. The van der Waals surface area contributed by atoms with Gasteiger partial charge >= 0.3 is 0 Å². The lowest BCUT2D eigenvalue weighted by molar-refractivity contribution is 0.482. The largest absolute Gasteiger partial charge is 0.415 e. The van der Waals surface area contributed by atoms with Crippen molar-refractivity contribution in [3.8, 4) is 27.9 Å². The zero-order valence-electron chi connectivity index (χ0n) is 17.2. The molecule has 5 rings (SSSR count). The molecule has 0 saturated carbocycles. The van der Waals surface area contributed by atoms with E-state index in [1.807, 2.05) is 24.3 Å². The maximum atomic E-state index is 12.5. The van der Waals surface area contributed by atoms with Crippen molar-refractivity contribution >= 4 is 38.9 Å². The summed E-state index contributed by atoms with van der Waals surface area (Å²) < 4.78 is 33.3. The van der Waals surface area contributed by atoms with Crippen molar-refractivity contribution in [3.05, 3.63) is 46.6 Å². The van der Waals surface area contributed by atoms with E-state index >= 15 is 0 Å². The fourth-order valence-electron chi connectivity index (χ4n) is 3.38. The third-order valence-electron chi connectivity index (χ3n) is 5.10. The molecular weight excluding hydrogens is 490 g/mol. The Labute approximate surface area is 196 Å². The van der Waals surface area contributed by atoms with Gasteiger partial charge in [-0.2, -0.15) is 0 Å². The Morgan fingerprint density at radius 2 is 1.94 bits per heavy atom. The monoisotopic (exact) mass is 505 g/mol. The second kappa shape index (κ2) is 7.60. The molecule has 1 atom stereocenters. The standard InChI is InChI=1S/C18H16ClN9O3S2/c1-18(8-33(29,30)27(2)17(20)22-18)14-12(19)7-13(32-14)16-24-23-15(31-16)10-3-5-11(6-4-10)28-9-21-25-26-28/h3-7,9H,8H2,1-2H3,(H2,20,22)/t18-/m0/s1. The highest BCUT2D eigenvalue weighted by atomic mass is 35.5. The summed E-state index contributed by atoms with van der Waals surface area (Å²) in [5.74, 6) is 0.207. The highest BCUT2D eigenvalue weighted by Gasteiger charge is 2.42. The van der Waals surface area contributed by atoms with E-state index in [-0.39, 0.29) is 17.6 Å². The maximum absolute atomic E-state index is 12.5. The number of benzene rings is 1. The highest BCUT2D eigenvalue weighted by molar-refractivity contribution is 7.89. The third-order valence-corrected chi connectivity index (χ3v) is 8.84. The molecule has 0 spiro atoms. The molecule has 0 saturated heterocycles. The van der Waals surface area contributed by atoms with E-state index in [4.69, 9.17) is 21.8 Å². The summed E-state index contributed by atoms with van der Waals surface area (Å²) in [4.78, 5) is 5.53. The van der Waals surface area contributed by atoms with Gasteiger partial charge in [0.25, 0.3) is 5.89 Å². The van der Waals surface area contributed by atoms with Gasteiger partial charge in [0.15, 0.2) is 0 Å². The molecule has 0 bridgehead atoms. The van der Waals surface area contributed by atoms with Gasteiger partial charge in [0, 0.05) is 12.6 Å². The average Bonchev–Trinajstić information content (AvgIpc) is 3.52. The Bertz CT molecular complexity index is 1460. The molecule has 1 aliphatic heterocycles. The Balaban J connectivity index is 1.45. The molecule has 3 aromatic heterocycles. The number of thiophene rings is 1. The molecule has 1 aliphatic rings. The zero-order chi connectivity index (χ0) is 23.4. The van der Waals surface area contributed by atoms with Crippen molar-refractivity contribution in [2.24, 2.45) is 10.7 Å². The Kier molecular flexibility index (Phi) is 4.95. The summed E-state index contributed by atoms with van der Waals surface area (Å²) in [6, 6.07) is 8.91. The van der Waals surface area contributed by atoms with Crippen LogP contribution in [0.2, 0.25) is 5.02 Å². The molecule has 4 heterocycles. The first-order chi connectivity index (χ1) is 15.7. The van der Waals surface area contributed by atoms with E-state index < -0.39 is 15.6 Å².